The molecule has 1 unspecified atom stereocenters. The second-order valence-corrected chi connectivity index (χ2v) is 8.03. The van der Waals surface area contributed by atoms with Gasteiger partial charge in [0.1, 0.15) is 0 Å². The topological polar surface area (TPSA) is 75.3 Å². The number of nitrogens with one attached hydrogen (secondary N) is 2. The number of aryl methyl sites for hydroxylation is 1. The van der Waals surface area contributed by atoms with Gasteiger partial charge in [-0.3, -0.25) is 4.79 Å². The Bertz CT molecular complexity index is 655. The molecule has 1 aromatic carbocycles. The number of amides is 1. The van der Waals surface area contributed by atoms with Crippen LogP contribution < -0.4 is 10.6 Å². The molecule has 0 saturated carbocycles. The van der Waals surface area contributed by atoms with Gasteiger partial charge in [-0.25, -0.2) is 8.42 Å². The zero-order valence-corrected chi connectivity index (χ0v) is 12.7. The van der Waals surface area contributed by atoms with Crippen LogP contribution >= 0.6 is 0 Å². The van der Waals surface area contributed by atoms with Crippen molar-refractivity contribution >= 4 is 21.4 Å². The van der Waals surface area contributed by atoms with Crippen LogP contribution in [-0.4, -0.2) is 32.4 Å². The standard InChI is InChI=1S/C15H20N2O3S/c18-15(13-6-8-21(19,20)10-13)17-9-12-4-1-3-11-5-2-7-16-14(11)12/h1,3-4,13,16H,2,5-10H2,(H,17,18). The maximum absolute atomic E-state index is 12.1. The molecular weight excluding hydrogens is 288 g/mol. The Morgan fingerprint density at radius 3 is 3.00 bits per heavy atom. The van der Waals surface area contributed by atoms with Gasteiger partial charge in [0.25, 0.3) is 0 Å². The van der Waals surface area contributed by atoms with Crippen molar-refractivity contribution in [1.29, 1.82) is 0 Å². The summed E-state index contributed by atoms with van der Waals surface area (Å²) in [4.78, 5) is 12.1. The molecule has 2 aliphatic rings. The summed E-state index contributed by atoms with van der Waals surface area (Å²) < 4.78 is 22.8. The largest absolute Gasteiger partial charge is 0.385 e. The molecule has 21 heavy (non-hydrogen) atoms. The molecule has 2 heterocycles. The van der Waals surface area contributed by atoms with Crippen molar-refractivity contribution in [3.8, 4) is 0 Å². The van der Waals surface area contributed by atoms with Crippen molar-refractivity contribution in [1.82, 2.24) is 5.32 Å². The molecule has 0 spiro atoms. The van der Waals surface area contributed by atoms with Crippen LogP contribution in [0.4, 0.5) is 5.69 Å². The van der Waals surface area contributed by atoms with E-state index < -0.39 is 9.84 Å². The van der Waals surface area contributed by atoms with E-state index in [1.54, 1.807) is 0 Å². The number of carbonyl (C=O) groups is 1. The van der Waals surface area contributed by atoms with Gasteiger partial charge in [-0.15, -0.1) is 0 Å². The fourth-order valence-corrected chi connectivity index (χ4v) is 4.80. The van der Waals surface area contributed by atoms with Crippen LogP contribution in [0.1, 0.15) is 24.0 Å². The van der Waals surface area contributed by atoms with E-state index in [1.807, 2.05) is 12.1 Å². The number of benzene rings is 1. The third kappa shape index (κ3) is 3.20. The summed E-state index contributed by atoms with van der Waals surface area (Å²) in [5, 5.41) is 6.28. The van der Waals surface area contributed by atoms with E-state index >= 15 is 0 Å². The smallest absolute Gasteiger partial charge is 0.224 e. The lowest BCUT2D eigenvalue weighted by Gasteiger charge is -2.21. The highest BCUT2D eigenvalue weighted by atomic mass is 32.2. The fourth-order valence-electron chi connectivity index (χ4n) is 3.06. The van der Waals surface area contributed by atoms with Gasteiger partial charge < -0.3 is 10.6 Å². The molecule has 0 bridgehead atoms. The number of hydrogen-bond acceptors (Lipinski definition) is 4. The molecule has 6 heteroatoms. The van der Waals surface area contributed by atoms with Crippen molar-refractivity contribution in [2.24, 2.45) is 5.92 Å². The minimum absolute atomic E-state index is 0.00994. The minimum Gasteiger partial charge on any atom is -0.385 e. The van der Waals surface area contributed by atoms with Gasteiger partial charge in [0.05, 0.1) is 17.4 Å². The van der Waals surface area contributed by atoms with Crippen LogP contribution in [0.2, 0.25) is 0 Å². The molecular formula is C15H20N2O3S. The second kappa shape index (κ2) is 5.67. The Labute approximate surface area is 125 Å². The van der Waals surface area contributed by atoms with E-state index in [4.69, 9.17) is 0 Å². The van der Waals surface area contributed by atoms with Gasteiger partial charge in [-0.05, 0) is 30.4 Å². The number of anilines is 1. The summed E-state index contributed by atoms with van der Waals surface area (Å²) in [6.07, 6.45) is 2.63. The fraction of sp³-hybridized carbons (Fsp3) is 0.533. The first-order valence-corrected chi connectivity index (χ1v) is 9.20. The molecule has 1 aromatic rings. The Morgan fingerprint density at radius 1 is 1.38 bits per heavy atom. The quantitative estimate of drug-likeness (QED) is 0.877. The normalized spacial score (nSPS) is 23.1. The molecule has 114 valence electrons. The SMILES string of the molecule is O=C(NCc1cccc2c1NCCC2)C1CCS(=O)(=O)C1. The lowest BCUT2D eigenvalue weighted by atomic mass is 9.99. The van der Waals surface area contributed by atoms with Crippen LogP contribution in [0.3, 0.4) is 0 Å². The molecule has 5 nitrogen and oxygen atoms in total. The number of fused-ring (bicyclic) bond motifs is 1. The summed E-state index contributed by atoms with van der Waals surface area (Å²) in [6.45, 7) is 1.41. The monoisotopic (exact) mass is 308 g/mol. The van der Waals surface area contributed by atoms with Crippen molar-refractivity contribution in [2.45, 2.75) is 25.8 Å². The molecule has 2 N–H and O–H groups in total. The molecule has 0 aliphatic carbocycles. The first kappa shape index (κ1) is 14.4. The van der Waals surface area contributed by atoms with Gasteiger partial charge in [0.15, 0.2) is 9.84 Å². The highest BCUT2D eigenvalue weighted by molar-refractivity contribution is 7.91. The van der Waals surface area contributed by atoms with E-state index in [0.717, 1.165) is 30.6 Å². The van der Waals surface area contributed by atoms with Gasteiger partial charge >= 0.3 is 0 Å². The van der Waals surface area contributed by atoms with E-state index in [0.29, 0.717) is 13.0 Å². The zero-order valence-electron chi connectivity index (χ0n) is 11.9. The summed E-state index contributed by atoms with van der Waals surface area (Å²) in [7, 11) is -3.01. The van der Waals surface area contributed by atoms with Crippen LogP contribution in [0.5, 0.6) is 0 Å². The molecule has 3 rings (SSSR count). The lowest BCUT2D eigenvalue weighted by Crippen LogP contribution is -2.31. The van der Waals surface area contributed by atoms with E-state index in [9.17, 15) is 13.2 Å². The average molecular weight is 308 g/mol. The average Bonchev–Trinajstić information content (AvgIpc) is 2.85. The Kier molecular flexibility index (Phi) is 3.89. The number of carbonyl (C=O) groups excluding carboxylic acids is 1. The Morgan fingerprint density at radius 2 is 2.24 bits per heavy atom. The highest BCUT2D eigenvalue weighted by Crippen LogP contribution is 2.26. The van der Waals surface area contributed by atoms with Crippen molar-refractivity contribution in [2.75, 3.05) is 23.4 Å². The van der Waals surface area contributed by atoms with Gasteiger partial charge in [0.2, 0.25) is 5.91 Å². The first-order valence-electron chi connectivity index (χ1n) is 7.38. The number of para-hydroxylation sites is 1. The molecule has 1 atom stereocenters. The summed E-state index contributed by atoms with van der Waals surface area (Å²) in [5.41, 5.74) is 3.49. The third-order valence-electron chi connectivity index (χ3n) is 4.22. The molecule has 0 radical (unpaired) electrons. The summed E-state index contributed by atoms with van der Waals surface area (Å²) in [5.74, 6) is -0.413. The summed E-state index contributed by atoms with van der Waals surface area (Å²) in [6, 6.07) is 6.12. The maximum atomic E-state index is 12.1. The molecule has 1 saturated heterocycles. The lowest BCUT2D eigenvalue weighted by molar-refractivity contribution is -0.124. The van der Waals surface area contributed by atoms with Crippen molar-refractivity contribution in [3.05, 3.63) is 29.3 Å². The van der Waals surface area contributed by atoms with Crippen LogP contribution in [0.25, 0.3) is 0 Å². The predicted octanol–water partition coefficient (Wildman–Crippen LogP) is 1.10. The van der Waals surface area contributed by atoms with Crippen molar-refractivity contribution < 1.29 is 13.2 Å². The van der Waals surface area contributed by atoms with E-state index in [1.165, 1.54) is 5.56 Å². The van der Waals surface area contributed by atoms with Gasteiger partial charge in [-0.2, -0.15) is 0 Å². The summed E-state index contributed by atoms with van der Waals surface area (Å²) >= 11 is 0. The second-order valence-electron chi connectivity index (χ2n) is 5.80. The molecule has 1 amide bonds. The Balaban J connectivity index is 1.64. The molecule has 2 aliphatic heterocycles. The Hall–Kier alpha value is -1.56. The van der Waals surface area contributed by atoms with Crippen LogP contribution in [0, 0.1) is 5.92 Å². The van der Waals surface area contributed by atoms with E-state index in [-0.39, 0.29) is 23.3 Å². The van der Waals surface area contributed by atoms with Crippen LogP contribution in [-0.2, 0) is 27.6 Å². The number of rotatable bonds is 3. The zero-order chi connectivity index (χ0) is 14.9. The molecule has 0 aromatic heterocycles. The van der Waals surface area contributed by atoms with Gasteiger partial charge in [-0.1, -0.05) is 18.2 Å². The van der Waals surface area contributed by atoms with Crippen LogP contribution in [0.15, 0.2) is 18.2 Å². The van der Waals surface area contributed by atoms with Gasteiger partial charge in [0, 0.05) is 18.8 Å². The predicted molar refractivity (Wildman–Crippen MR) is 81.9 cm³/mol. The molecule has 1 fully saturated rings. The minimum atomic E-state index is -3.01. The van der Waals surface area contributed by atoms with E-state index in [2.05, 4.69) is 16.7 Å². The first-order chi connectivity index (χ1) is 10.1. The number of hydrogen-bond donors (Lipinski definition) is 2. The number of sulfone groups is 1. The third-order valence-corrected chi connectivity index (χ3v) is 5.99. The maximum Gasteiger partial charge on any atom is 0.224 e. The highest BCUT2D eigenvalue weighted by Gasteiger charge is 2.32. The van der Waals surface area contributed by atoms with Crippen molar-refractivity contribution in [3.63, 3.8) is 0 Å².